The summed E-state index contributed by atoms with van der Waals surface area (Å²) in [4.78, 5) is 46.5. The molecule has 37 nitrogen and oxygen atoms in total. The van der Waals surface area contributed by atoms with Gasteiger partial charge in [-0.25, -0.2) is 44.9 Å². The number of rotatable bonds is 26. The molecule has 0 radical (unpaired) electrons. The molecule has 4 aliphatic rings. The van der Waals surface area contributed by atoms with E-state index in [0.29, 0.717) is 12.0 Å². The van der Waals surface area contributed by atoms with Crippen molar-refractivity contribution in [1.29, 1.82) is 0 Å². The van der Waals surface area contributed by atoms with Gasteiger partial charge in [0.1, 0.15) is 46.5 Å². The van der Waals surface area contributed by atoms with Crippen molar-refractivity contribution in [2.75, 3.05) is 134 Å². The molecule has 0 unspecified atom stereocenters. The lowest BCUT2D eigenvalue weighted by molar-refractivity contribution is 0.0699. The van der Waals surface area contributed by atoms with Crippen LogP contribution in [0, 0.1) is 67.2 Å². The van der Waals surface area contributed by atoms with E-state index < -0.39 is 0 Å². The summed E-state index contributed by atoms with van der Waals surface area (Å²) in [6.45, 7) is 39.7. The zero-order valence-electron chi connectivity index (χ0n) is 83.2. The highest BCUT2D eigenvalue weighted by Crippen LogP contribution is 2.35. The monoisotopic (exact) mass is 1900 g/mol. The molecule has 3 fully saturated rings. The Hall–Kier alpha value is -15.1. The van der Waals surface area contributed by atoms with E-state index in [1.54, 1.807) is 43.4 Å². The molecule has 3 aliphatic heterocycles. The molecule has 37 heteroatoms. The number of aromatic nitrogens is 26. The molecule has 0 bridgehead atoms. The number of likely N-dealkylation sites (tertiary alicyclic amines) is 1. The first-order valence-electron chi connectivity index (χ1n) is 49.3. The van der Waals surface area contributed by atoms with Gasteiger partial charge < -0.3 is 61.2 Å². The standard InChI is InChI=1S/C16H16N4.C15H16N4.C13H16N6.C13H19N5.C13H21N5.C13H18N4O.C11H14N4.C10H14N4/c1-11-15-14(19-18-11)6-8-17-16(15)20-9-7-12-4-2-3-5-13(12)10-20;1-10(12-6-4-3-5-7-12)17-15-14-11(2)18-19-13(14)8-9-16-15;1-10-12-11(18-17-10)3-5-16-13(12)15-4-2-7-19-8-6-14-9-19;1-9-12-11(17-16-9)3-6-14-13(12)15-10-4-7-18(2)8-5-10;1-4-18(5-2)9-8-15-13-12-10(3)16-17-11(12)6-7-14-13;1-9-12-11(17-16-9)2-5-14-13(12)15-8-10-3-6-18-7-4-10;1-7-10-9(15-14-7)4-5-12-11(10)13-6-8-2-3-8;1-3-5-11-10-9-7(2)13-14-8(9)4-6-12-10/h2-6,8H,7,9-10H2,1H3,(H,18,19);3-10H,1-2H3,(H,16,17)(H,18,19);3,5-6,8-9H,2,4,7H2,1H3,(H,15,16)(H,17,18);3,6,10H,4-5,7-8H2,1-2H3,(H,14,15)(H,16,17);6-7H,4-5,8-9H2,1-3H3,(H,14,15)(H,16,17);2,5,10H,3-4,6-8H2,1H3,(H,14,15)(H,16,17);4-5,8H,2-3,6H2,1H3,(H,12,13)(H,14,15);4,6H,3,5H2,1-2H3,(H,11,12)(H,13,14)/t;10-;;;;;;/m.1....../s1. The van der Waals surface area contributed by atoms with Gasteiger partial charge >= 0.3 is 0 Å². The highest BCUT2D eigenvalue weighted by Gasteiger charge is 2.25. The number of imidazole rings is 1. The van der Waals surface area contributed by atoms with Crippen LogP contribution in [-0.2, 0) is 24.2 Å². The number of aromatic amines is 8. The number of ether oxygens (including phenoxy) is 1. The number of nitrogens with one attached hydrogen (secondary N) is 15. The first-order valence-corrected chi connectivity index (χ1v) is 49.3. The van der Waals surface area contributed by atoms with Gasteiger partial charge in [-0.2, -0.15) is 40.8 Å². The summed E-state index contributed by atoms with van der Waals surface area (Å²) in [5.74, 6) is 9.07. The van der Waals surface area contributed by atoms with Gasteiger partial charge in [0, 0.05) is 192 Å². The number of likely N-dealkylation sites (N-methyl/N-ethyl adjacent to an activating group) is 1. The second kappa shape index (κ2) is 48.5. The summed E-state index contributed by atoms with van der Waals surface area (Å²) in [5.41, 5.74) is 20.4. The molecular formula is C104H134N36O. The minimum absolute atomic E-state index is 0.202. The Morgan fingerprint density at radius 2 is 0.780 bits per heavy atom. The normalized spacial score (nSPS) is 14.0. The second-order valence-electron chi connectivity index (χ2n) is 36.4. The number of pyridine rings is 8. The van der Waals surface area contributed by atoms with Gasteiger partial charge in [-0.3, -0.25) is 40.8 Å². The van der Waals surface area contributed by atoms with Crippen molar-refractivity contribution >= 4 is 134 Å². The van der Waals surface area contributed by atoms with Crippen LogP contribution in [0.1, 0.15) is 147 Å². The maximum atomic E-state index is 5.37. The number of piperidine rings is 1. The summed E-state index contributed by atoms with van der Waals surface area (Å²) in [6.07, 6.45) is 30.5. The summed E-state index contributed by atoms with van der Waals surface area (Å²) < 4.78 is 7.44. The molecule has 736 valence electrons. The van der Waals surface area contributed by atoms with Crippen molar-refractivity contribution in [1.82, 2.24) is 141 Å². The van der Waals surface area contributed by atoms with Gasteiger partial charge in [-0.05, 0) is 230 Å². The van der Waals surface area contributed by atoms with E-state index in [1.807, 2.05) is 140 Å². The van der Waals surface area contributed by atoms with E-state index >= 15 is 0 Å². The minimum Gasteiger partial charge on any atom is -0.381 e. The van der Waals surface area contributed by atoms with E-state index in [0.717, 1.165) is 316 Å². The van der Waals surface area contributed by atoms with Crippen molar-refractivity contribution in [2.24, 2.45) is 11.8 Å². The van der Waals surface area contributed by atoms with E-state index in [2.05, 4.69) is 261 Å². The van der Waals surface area contributed by atoms with Crippen LogP contribution in [0.5, 0.6) is 0 Å². The molecule has 1 atom stereocenters. The molecule has 19 aromatic rings. The fourth-order valence-electron chi connectivity index (χ4n) is 17.8. The van der Waals surface area contributed by atoms with E-state index in [9.17, 15) is 0 Å². The van der Waals surface area contributed by atoms with Crippen LogP contribution < -0.4 is 42.1 Å². The van der Waals surface area contributed by atoms with Gasteiger partial charge in [0.25, 0.3) is 0 Å². The molecule has 20 heterocycles. The van der Waals surface area contributed by atoms with Crippen molar-refractivity contribution in [2.45, 2.75) is 166 Å². The van der Waals surface area contributed by atoms with Crippen LogP contribution in [0.15, 0.2) is 171 Å². The maximum Gasteiger partial charge on any atom is 0.140 e. The topological polar surface area (TPSA) is 454 Å². The van der Waals surface area contributed by atoms with Gasteiger partial charge in [0.2, 0.25) is 0 Å². The Morgan fingerprint density at radius 3 is 1.22 bits per heavy atom. The number of hydrogen-bond acceptors (Lipinski definition) is 28. The van der Waals surface area contributed by atoms with E-state index in [4.69, 9.17) is 4.74 Å². The van der Waals surface area contributed by atoms with Gasteiger partial charge in [0.15, 0.2) is 0 Å². The van der Waals surface area contributed by atoms with Crippen LogP contribution in [-0.4, -0.2) is 239 Å². The van der Waals surface area contributed by atoms with E-state index in [1.165, 1.54) is 42.4 Å². The minimum atomic E-state index is 0.202. The summed E-state index contributed by atoms with van der Waals surface area (Å²) in [5, 5.41) is 90.8. The molecule has 1 saturated carbocycles. The fourth-order valence-corrected chi connectivity index (χ4v) is 17.8. The van der Waals surface area contributed by atoms with Crippen LogP contribution in [0.2, 0.25) is 0 Å². The molecule has 141 heavy (non-hydrogen) atoms. The quantitative estimate of drug-likeness (QED) is 0.0224. The number of nitrogens with zero attached hydrogens (tertiary/aromatic N) is 21. The molecule has 2 saturated heterocycles. The van der Waals surface area contributed by atoms with Gasteiger partial charge in [-0.1, -0.05) is 75.4 Å². The van der Waals surface area contributed by atoms with Crippen molar-refractivity contribution in [3.63, 3.8) is 0 Å². The third-order valence-electron chi connectivity index (χ3n) is 26.1. The lowest BCUT2D eigenvalue weighted by atomic mass is 10.00. The predicted molar refractivity (Wildman–Crippen MR) is 566 cm³/mol. The zero-order chi connectivity index (χ0) is 97.9. The first kappa shape index (κ1) is 98.9. The molecule has 15 N–H and O–H groups in total. The molecule has 0 spiro atoms. The Morgan fingerprint density at radius 1 is 0.397 bits per heavy atom. The first-order chi connectivity index (χ1) is 68.9. The van der Waals surface area contributed by atoms with Crippen LogP contribution in [0.25, 0.3) is 87.2 Å². The number of hydrogen-bond donors (Lipinski definition) is 15. The number of benzene rings is 2. The summed E-state index contributed by atoms with van der Waals surface area (Å²) in [7, 11) is 2.18. The fraction of sp³-hybridized carbons (Fsp3) is 0.394. The van der Waals surface area contributed by atoms with Crippen molar-refractivity contribution < 1.29 is 4.74 Å². The third-order valence-corrected chi connectivity index (χ3v) is 26.1. The maximum absolute atomic E-state index is 5.37. The summed E-state index contributed by atoms with van der Waals surface area (Å²) in [6, 6.07) is 35.2. The molecule has 2 aromatic carbocycles. The summed E-state index contributed by atoms with van der Waals surface area (Å²) >= 11 is 0. The average molecular weight is 1900 g/mol. The zero-order valence-corrected chi connectivity index (χ0v) is 83.2. The highest BCUT2D eigenvalue weighted by atomic mass is 16.5. The van der Waals surface area contributed by atoms with Gasteiger partial charge in [-0.15, -0.1) is 0 Å². The lowest BCUT2D eigenvalue weighted by Gasteiger charge is -2.30. The Labute approximate surface area is 820 Å². The molecular weight excluding hydrogens is 1770 g/mol. The Kier molecular flexibility index (Phi) is 34.0. The Bertz CT molecular complexity index is 7120. The number of H-pyrrole nitrogens is 8. The number of anilines is 8. The lowest BCUT2D eigenvalue weighted by Crippen LogP contribution is -2.36. The van der Waals surface area contributed by atoms with Crippen molar-refractivity contribution in [3.8, 4) is 0 Å². The average Bonchev–Trinajstić information content (AvgIpc) is 1.72. The third kappa shape index (κ3) is 25.5. The molecule has 0 amide bonds. The number of fused-ring (bicyclic) bond motifs is 9. The van der Waals surface area contributed by atoms with Gasteiger partial charge in [0.05, 0.1) is 93.6 Å². The van der Waals surface area contributed by atoms with Crippen LogP contribution >= 0.6 is 0 Å². The number of aryl methyl sites for hydroxylation is 9. The van der Waals surface area contributed by atoms with E-state index in [-0.39, 0.29) is 6.04 Å². The van der Waals surface area contributed by atoms with Crippen LogP contribution in [0.3, 0.4) is 0 Å². The molecule has 1 aliphatic carbocycles. The SMILES string of the molecule is CCCNc1nccc2n[nH]c(C)c12.CCN(CC)CCNc1nccc2n[nH]c(C)c12.Cc1[nH]nc2ccnc(N3CCc4ccccc4C3)c12.Cc1[nH]nc2ccnc(NC3CCN(C)CC3)c12.Cc1[nH]nc2ccnc(NCC3CC3)c12.Cc1[nH]nc2ccnc(NCC3CCOCC3)c12.Cc1[nH]nc2ccnc(NCCCn3ccnc3)c12.Cc1[nH]nc2ccnc(N[C@H](C)c3ccccc3)c12. The largest absolute Gasteiger partial charge is 0.381 e. The van der Waals surface area contributed by atoms with Crippen molar-refractivity contribution in [3.05, 3.63) is 234 Å². The van der Waals surface area contributed by atoms with Crippen LogP contribution in [0.4, 0.5) is 46.5 Å². The molecule has 23 rings (SSSR count). The molecule has 17 aromatic heterocycles. The Balaban J connectivity index is 0.000000116. The second-order valence-corrected chi connectivity index (χ2v) is 36.4. The predicted octanol–water partition coefficient (Wildman–Crippen LogP) is 18.3. The highest BCUT2D eigenvalue weighted by molar-refractivity contribution is 5.97. The smallest absolute Gasteiger partial charge is 0.140 e.